The lowest BCUT2D eigenvalue weighted by Crippen LogP contribution is -2.49. The Hall–Kier alpha value is -0.220. The van der Waals surface area contributed by atoms with E-state index in [0.717, 1.165) is 0 Å². The van der Waals surface area contributed by atoms with E-state index >= 15 is 0 Å². The molecule has 0 spiro atoms. The molecule has 3 nitrogen and oxygen atoms in total. The van der Waals surface area contributed by atoms with Gasteiger partial charge in [-0.25, -0.2) is 0 Å². The molecule has 0 aliphatic rings. The summed E-state index contributed by atoms with van der Waals surface area (Å²) < 4.78 is 0. The van der Waals surface area contributed by atoms with Crippen molar-refractivity contribution in [3.05, 3.63) is 0 Å². The molecule has 0 aliphatic carbocycles. The van der Waals surface area contributed by atoms with E-state index in [1.54, 1.807) is 0 Å². The summed E-state index contributed by atoms with van der Waals surface area (Å²) in [6, 6.07) is -0.502. The number of carbonyl (C=O) groups excluding carboxylic acids is 1. The predicted molar refractivity (Wildman–Crippen MR) is 49.7 cm³/mol. The van der Waals surface area contributed by atoms with Gasteiger partial charge in [-0.05, 0) is 20.8 Å². The molecule has 0 aromatic carbocycles. The molecule has 0 rings (SSSR count). The number of nitrogens with two attached hydrogens (primary N) is 1. The van der Waals surface area contributed by atoms with Crippen molar-refractivity contribution in [2.24, 2.45) is 5.73 Å². The minimum absolute atomic E-state index is 0.146. The second-order valence-electron chi connectivity index (χ2n) is 3.53. The van der Waals surface area contributed by atoms with Crippen molar-refractivity contribution in [1.29, 1.82) is 0 Å². The first-order valence-corrected chi connectivity index (χ1v) is 4.18. The highest BCUT2D eigenvalue weighted by Gasteiger charge is 2.17. The molecule has 11 heavy (non-hydrogen) atoms. The molecule has 0 aromatic heterocycles. The lowest BCUT2D eigenvalue weighted by Gasteiger charge is -2.22. The molecule has 66 valence electrons. The van der Waals surface area contributed by atoms with Crippen LogP contribution in [0.4, 0.5) is 0 Å². The summed E-state index contributed by atoms with van der Waals surface area (Å²) in [4.78, 5) is 11.1. The Balaban J connectivity index is 3.88. The van der Waals surface area contributed by atoms with Gasteiger partial charge in [0.1, 0.15) is 0 Å². The van der Waals surface area contributed by atoms with Gasteiger partial charge in [-0.1, -0.05) is 0 Å². The molecule has 3 N–H and O–H groups in total. The molecule has 0 saturated carbocycles. The number of carbonyl (C=O) groups is 1. The fourth-order valence-electron chi connectivity index (χ4n) is 0.545. The Bertz CT molecular complexity index is 142. The number of thiol groups is 1. The number of amides is 1. The zero-order valence-corrected chi connectivity index (χ0v) is 8.11. The average Bonchev–Trinajstić information content (AvgIpc) is 1.82. The lowest BCUT2D eigenvalue weighted by molar-refractivity contribution is -0.123. The van der Waals surface area contributed by atoms with Gasteiger partial charge in [0.25, 0.3) is 0 Å². The van der Waals surface area contributed by atoms with E-state index in [0.29, 0.717) is 5.75 Å². The zero-order chi connectivity index (χ0) is 9.07. The van der Waals surface area contributed by atoms with Crippen molar-refractivity contribution >= 4 is 18.5 Å². The fourth-order valence-corrected chi connectivity index (χ4v) is 0.711. The SMILES string of the molecule is CC(C)(C)NC(=O)[C@@H](N)CS. The van der Waals surface area contributed by atoms with Crippen molar-refractivity contribution in [2.75, 3.05) is 5.75 Å². The minimum Gasteiger partial charge on any atom is -0.350 e. The molecule has 0 unspecified atom stereocenters. The van der Waals surface area contributed by atoms with E-state index in [-0.39, 0.29) is 11.4 Å². The number of hydrogen-bond acceptors (Lipinski definition) is 3. The average molecular weight is 176 g/mol. The zero-order valence-electron chi connectivity index (χ0n) is 7.22. The monoisotopic (exact) mass is 176 g/mol. The van der Waals surface area contributed by atoms with Crippen LogP contribution in [0.1, 0.15) is 20.8 Å². The van der Waals surface area contributed by atoms with Crippen LogP contribution in [0.15, 0.2) is 0 Å². The lowest BCUT2D eigenvalue weighted by atomic mass is 10.1. The summed E-state index contributed by atoms with van der Waals surface area (Å²) in [6.07, 6.45) is 0. The summed E-state index contributed by atoms with van der Waals surface area (Å²) in [5.74, 6) is 0.231. The van der Waals surface area contributed by atoms with E-state index < -0.39 is 6.04 Å². The summed E-state index contributed by atoms with van der Waals surface area (Å²) in [5.41, 5.74) is 5.22. The smallest absolute Gasteiger partial charge is 0.238 e. The number of nitrogens with one attached hydrogen (secondary N) is 1. The molecule has 0 radical (unpaired) electrons. The molecule has 0 aromatic rings. The molecule has 1 amide bonds. The van der Waals surface area contributed by atoms with E-state index in [4.69, 9.17) is 5.73 Å². The summed E-state index contributed by atoms with van der Waals surface area (Å²) in [6.45, 7) is 5.74. The first-order chi connectivity index (χ1) is 4.87. The van der Waals surface area contributed by atoms with Crippen LogP contribution in [0.25, 0.3) is 0 Å². The Morgan fingerprint density at radius 1 is 1.64 bits per heavy atom. The van der Waals surface area contributed by atoms with E-state index in [2.05, 4.69) is 17.9 Å². The van der Waals surface area contributed by atoms with Gasteiger partial charge in [-0.3, -0.25) is 4.79 Å². The first kappa shape index (κ1) is 10.8. The van der Waals surface area contributed by atoms with Gasteiger partial charge in [0.05, 0.1) is 6.04 Å². The van der Waals surface area contributed by atoms with Crippen molar-refractivity contribution in [3.63, 3.8) is 0 Å². The fraction of sp³-hybridized carbons (Fsp3) is 0.857. The Kier molecular flexibility index (Phi) is 3.89. The van der Waals surface area contributed by atoms with Crippen LogP contribution >= 0.6 is 12.6 Å². The van der Waals surface area contributed by atoms with Crippen LogP contribution in [-0.2, 0) is 4.79 Å². The maximum absolute atomic E-state index is 11.1. The maximum atomic E-state index is 11.1. The van der Waals surface area contributed by atoms with Crippen LogP contribution in [-0.4, -0.2) is 23.2 Å². The van der Waals surface area contributed by atoms with Crippen LogP contribution in [0.5, 0.6) is 0 Å². The van der Waals surface area contributed by atoms with Crippen LogP contribution < -0.4 is 11.1 Å². The van der Waals surface area contributed by atoms with Gasteiger partial charge in [0, 0.05) is 11.3 Å². The second kappa shape index (κ2) is 3.97. The topological polar surface area (TPSA) is 55.1 Å². The third-order valence-electron chi connectivity index (χ3n) is 1.03. The van der Waals surface area contributed by atoms with E-state index in [9.17, 15) is 4.79 Å². The van der Waals surface area contributed by atoms with Crippen LogP contribution in [0, 0.1) is 0 Å². The van der Waals surface area contributed by atoms with Gasteiger partial charge in [-0.2, -0.15) is 12.6 Å². The van der Waals surface area contributed by atoms with Crippen molar-refractivity contribution < 1.29 is 4.79 Å². The normalized spacial score (nSPS) is 14.3. The van der Waals surface area contributed by atoms with Gasteiger partial charge in [0.2, 0.25) is 5.91 Å². The summed E-state index contributed by atoms with van der Waals surface area (Å²) >= 11 is 3.92. The highest BCUT2D eigenvalue weighted by Crippen LogP contribution is 1.98. The Morgan fingerprint density at radius 2 is 2.09 bits per heavy atom. The van der Waals surface area contributed by atoms with Gasteiger partial charge in [-0.15, -0.1) is 0 Å². The van der Waals surface area contributed by atoms with E-state index in [1.165, 1.54) is 0 Å². The molecule has 0 fully saturated rings. The van der Waals surface area contributed by atoms with Gasteiger partial charge >= 0.3 is 0 Å². The van der Waals surface area contributed by atoms with Crippen LogP contribution in [0.2, 0.25) is 0 Å². The predicted octanol–water partition coefficient (Wildman–Crippen LogP) is 0.158. The maximum Gasteiger partial charge on any atom is 0.238 e. The van der Waals surface area contributed by atoms with Crippen molar-refractivity contribution in [3.8, 4) is 0 Å². The summed E-state index contributed by atoms with van der Waals surface area (Å²) in [7, 11) is 0. The molecular weight excluding hydrogens is 160 g/mol. The molecular formula is C7H16N2OS. The molecule has 0 heterocycles. The van der Waals surface area contributed by atoms with Crippen molar-refractivity contribution in [2.45, 2.75) is 32.4 Å². The third kappa shape index (κ3) is 5.09. The van der Waals surface area contributed by atoms with E-state index in [1.807, 2.05) is 20.8 Å². The highest BCUT2D eigenvalue weighted by atomic mass is 32.1. The second-order valence-corrected chi connectivity index (χ2v) is 3.89. The minimum atomic E-state index is -0.502. The third-order valence-corrected chi connectivity index (χ3v) is 1.43. The quantitative estimate of drug-likeness (QED) is 0.525. The molecule has 0 bridgehead atoms. The molecule has 0 saturated heterocycles. The van der Waals surface area contributed by atoms with Gasteiger partial charge in [0.15, 0.2) is 0 Å². The number of rotatable bonds is 2. The largest absolute Gasteiger partial charge is 0.350 e. The van der Waals surface area contributed by atoms with Gasteiger partial charge < -0.3 is 11.1 Å². The Morgan fingerprint density at radius 3 is 2.36 bits per heavy atom. The van der Waals surface area contributed by atoms with Crippen molar-refractivity contribution in [1.82, 2.24) is 5.32 Å². The summed E-state index contributed by atoms with van der Waals surface area (Å²) in [5, 5.41) is 2.76. The molecule has 1 atom stereocenters. The standard InChI is InChI=1S/C7H16N2OS/c1-7(2,3)9-6(10)5(8)4-11/h5,11H,4,8H2,1-3H3,(H,9,10)/t5-/m0/s1. The Labute approximate surface area is 73.1 Å². The molecule has 0 aliphatic heterocycles. The number of hydrogen-bond donors (Lipinski definition) is 3. The van der Waals surface area contributed by atoms with Crippen LogP contribution in [0.3, 0.4) is 0 Å². The molecule has 4 heteroatoms. The first-order valence-electron chi connectivity index (χ1n) is 3.55. The highest BCUT2D eigenvalue weighted by molar-refractivity contribution is 7.80.